The number of ketones is 1. The number of anilines is 1. The van der Waals surface area contributed by atoms with Crippen LogP contribution in [0.2, 0.25) is 0 Å². The molecule has 3 aromatic rings. The van der Waals surface area contributed by atoms with E-state index < -0.39 is 17.7 Å². The van der Waals surface area contributed by atoms with Crippen molar-refractivity contribution in [2.75, 3.05) is 12.0 Å². The fraction of sp³-hybridized carbons (Fsp3) is 0.154. The molecule has 0 aliphatic carbocycles. The number of amides is 1. The van der Waals surface area contributed by atoms with E-state index in [-0.39, 0.29) is 11.3 Å². The molecule has 1 saturated heterocycles. The predicted octanol–water partition coefficient (Wildman–Crippen LogP) is 4.94. The van der Waals surface area contributed by atoms with Gasteiger partial charge in [0.15, 0.2) is 0 Å². The fourth-order valence-corrected chi connectivity index (χ4v) is 3.83. The van der Waals surface area contributed by atoms with Crippen LogP contribution in [0.5, 0.6) is 5.75 Å². The highest BCUT2D eigenvalue weighted by atomic mass is 16.5. The van der Waals surface area contributed by atoms with Crippen molar-refractivity contribution in [3.05, 3.63) is 101 Å². The monoisotopic (exact) mass is 413 g/mol. The largest absolute Gasteiger partial charge is 0.507 e. The average molecular weight is 413 g/mol. The number of carbonyl (C=O) groups is 2. The van der Waals surface area contributed by atoms with Crippen LogP contribution in [-0.2, 0) is 9.59 Å². The maximum Gasteiger partial charge on any atom is 0.300 e. The molecule has 31 heavy (non-hydrogen) atoms. The molecule has 1 unspecified atom stereocenters. The molecule has 0 aromatic heterocycles. The van der Waals surface area contributed by atoms with E-state index in [0.717, 1.165) is 16.7 Å². The summed E-state index contributed by atoms with van der Waals surface area (Å²) in [5.74, 6) is -0.944. The van der Waals surface area contributed by atoms with Crippen LogP contribution in [0.25, 0.3) is 5.76 Å². The lowest BCUT2D eigenvalue weighted by Gasteiger charge is -2.26. The maximum atomic E-state index is 13.1. The molecule has 0 saturated carbocycles. The number of aryl methyl sites for hydroxylation is 2. The molecule has 1 N–H and O–H groups in total. The van der Waals surface area contributed by atoms with Crippen molar-refractivity contribution in [2.24, 2.45) is 0 Å². The number of hydrogen-bond acceptors (Lipinski definition) is 4. The standard InChI is InChI=1S/C26H23NO4/c1-16-9-12-20(15-17(16)2)27-23(18-7-5-4-6-8-18)22(25(29)26(27)30)24(28)19-10-13-21(31-3)14-11-19/h4-15,23,28H,1-3H3/b24-22+. The summed E-state index contributed by atoms with van der Waals surface area (Å²) in [5, 5.41) is 11.1. The minimum atomic E-state index is -0.731. The van der Waals surface area contributed by atoms with E-state index in [9.17, 15) is 14.7 Å². The highest BCUT2D eigenvalue weighted by Gasteiger charge is 2.46. The molecule has 1 aliphatic rings. The lowest BCUT2D eigenvalue weighted by atomic mass is 9.95. The van der Waals surface area contributed by atoms with E-state index in [4.69, 9.17) is 4.74 Å². The van der Waals surface area contributed by atoms with E-state index in [1.165, 1.54) is 4.90 Å². The maximum absolute atomic E-state index is 13.1. The van der Waals surface area contributed by atoms with Crippen LogP contribution in [0.3, 0.4) is 0 Å². The molecule has 0 bridgehead atoms. The van der Waals surface area contributed by atoms with Crippen LogP contribution in [0, 0.1) is 13.8 Å². The number of carbonyl (C=O) groups excluding carboxylic acids is 2. The van der Waals surface area contributed by atoms with Crippen LogP contribution < -0.4 is 9.64 Å². The number of ether oxygens (including phenoxy) is 1. The third-order valence-electron chi connectivity index (χ3n) is 5.69. The molecular formula is C26H23NO4. The molecule has 1 heterocycles. The second-order valence-corrected chi connectivity index (χ2v) is 7.58. The number of rotatable bonds is 4. The smallest absolute Gasteiger partial charge is 0.300 e. The second-order valence-electron chi connectivity index (χ2n) is 7.58. The number of nitrogens with zero attached hydrogens (tertiary/aromatic N) is 1. The summed E-state index contributed by atoms with van der Waals surface area (Å²) >= 11 is 0. The number of aliphatic hydroxyl groups is 1. The molecule has 1 aliphatic heterocycles. The van der Waals surface area contributed by atoms with Crippen molar-refractivity contribution in [1.82, 2.24) is 0 Å². The van der Waals surface area contributed by atoms with Gasteiger partial charge < -0.3 is 9.84 Å². The van der Waals surface area contributed by atoms with Crippen LogP contribution >= 0.6 is 0 Å². The van der Waals surface area contributed by atoms with Gasteiger partial charge in [-0.1, -0.05) is 36.4 Å². The summed E-state index contributed by atoms with van der Waals surface area (Å²) in [7, 11) is 1.55. The van der Waals surface area contributed by atoms with Gasteiger partial charge in [0.05, 0.1) is 18.7 Å². The quantitative estimate of drug-likeness (QED) is 0.374. The SMILES string of the molecule is COc1ccc(/C(O)=C2\C(=O)C(=O)N(c3ccc(C)c(C)c3)C2c2ccccc2)cc1. The Labute approximate surface area is 181 Å². The Morgan fingerprint density at radius 1 is 0.903 bits per heavy atom. The van der Waals surface area contributed by atoms with Crippen LogP contribution in [0.4, 0.5) is 5.69 Å². The van der Waals surface area contributed by atoms with Gasteiger partial charge in [0.2, 0.25) is 0 Å². The first-order valence-electron chi connectivity index (χ1n) is 10.00. The Hall–Kier alpha value is -3.86. The van der Waals surface area contributed by atoms with E-state index in [1.807, 2.05) is 62.4 Å². The first kappa shape index (κ1) is 20.4. The third-order valence-corrected chi connectivity index (χ3v) is 5.69. The van der Waals surface area contributed by atoms with Gasteiger partial charge in [0.25, 0.3) is 11.7 Å². The Bertz CT molecular complexity index is 1180. The van der Waals surface area contributed by atoms with Crippen LogP contribution in [-0.4, -0.2) is 23.9 Å². The summed E-state index contributed by atoms with van der Waals surface area (Å²) < 4.78 is 5.17. The van der Waals surface area contributed by atoms with Crippen molar-refractivity contribution >= 4 is 23.1 Å². The first-order valence-corrected chi connectivity index (χ1v) is 10.00. The molecular weight excluding hydrogens is 390 g/mol. The summed E-state index contributed by atoms with van der Waals surface area (Å²) in [6.07, 6.45) is 0. The van der Waals surface area contributed by atoms with Crippen LogP contribution in [0.15, 0.2) is 78.4 Å². The van der Waals surface area contributed by atoms with Gasteiger partial charge in [-0.25, -0.2) is 0 Å². The number of aliphatic hydroxyl groups excluding tert-OH is 1. The van der Waals surface area contributed by atoms with Gasteiger partial charge in [0, 0.05) is 11.3 Å². The number of Topliss-reactive ketones (excluding diaryl/α,β-unsaturated/α-hetero) is 1. The minimum Gasteiger partial charge on any atom is -0.507 e. The lowest BCUT2D eigenvalue weighted by Crippen LogP contribution is -2.29. The van der Waals surface area contributed by atoms with Crippen molar-refractivity contribution in [3.63, 3.8) is 0 Å². The number of benzene rings is 3. The molecule has 0 radical (unpaired) electrons. The molecule has 0 spiro atoms. The van der Waals surface area contributed by atoms with E-state index in [0.29, 0.717) is 17.0 Å². The Balaban J connectivity index is 1.92. The molecule has 3 aromatic carbocycles. The zero-order valence-electron chi connectivity index (χ0n) is 17.6. The molecule has 5 heteroatoms. The Morgan fingerprint density at radius 2 is 1.58 bits per heavy atom. The van der Waals surface area contributed by atoms with Gasteiger partial charge in [-0.2, -0.15) is 0 Å². The molecule has 1 atom stereocenters. The second kappa shape index (κ2) is 8.11. The topological polar surface area (TPSA) is 66.8 Å². The Morgan fingerprint density at radius 3 is 2.19 bits per heavy atom. The van der Waals surface area contributed by atoms with E-state index >= 15 is 0 Å². The van der Waals surface area contributed by atoms with Crippen molar-refractivity contribution < 1.29 is 19.4 Å². The minimum absolute atomic E-state index is 0.0691. The number of methoxy groups -OCH3 is 1. The average Bonchev–Trinajstić information content (AvgIpc) is 3.06. The zero-order valence-corrected chi connectivity index (χ0v) is 17.6. The van der Waals surface area contributed by atoms with Gasteiger partial charge in [0.1, 0.15) is 11.5 Å². The predicted molar refractivity (Wildman–Crippen MR) is 120 cm³/mol. The molecule has 1 amide bonds. The van der Waals surface area contributed by atoms with Crippen LogP contribution in [0.1, 0.15) is 28.3 Å². The van der Waals surface area contributed by atoms with Gasteiger partial charge in [-0.05, 0) is 66.9 Å². The summed E-state index contributed by atoms with van der Waals surface area (Å²) in [5.41, 5.74) is 3.98. The summed E-state index contributed by atoms with van der Waals surface area (Å²) in [6, 6.07) is 20.9. The molecule has 1 fully saturated rings. The molecule has 156 valence electrons. The van der Waals surface area contributed by atoms with E-state index in [1.54, 1.807) is 31.4 Å². The molecule has 4 rings (SSSR count). The lowest BCUT2D eigenvalue weighted by molar-refractivity contribution is -0.132. The summed E-state index contributed by atoms with van der Waals surface area (Å²) in [4.78, 5) is 27.7. The number of hydrogen-bond donors (Lipinski definition) is 1. The fourth-order valence-electron chi connectivity index (χ4n) is 3.83. The first-order chi connectivity index (χ1) is 14.9. The van der Waals surface area contributed by atoms with Gasteiger partial charge in [-0.3, -0.25) is 14.5 Å². The highest BCUT2D eigenvalue weighted by Crippen LogP contribution is 2.42. The van der Waals surface area contributed by atoms with Crippen molar-refractivity contribution in [2.45, 2.75) is 19.9 Å². The normalized spacial score (nSPS) is 17.8. The highest BCUT2D eigenvalue weighted by molar-refractivity contribution is 6.51. The van der Waals surface area contributed by atoms with Crippen molar-refractivity contribution in [3.8, 4) is 5.75 Å². The van der Waals surface area contributed by atoms with Crippen molar-refractivity contribution in [1.29, 1.82) is 0 Å². The third kappa shape index (κ3) is 3.59. The Kier molecular flexibility index (Phi) is 5.34. The van der Waals surface area contributed by atoms with Gasteiger partial charge in [-0.15, -0.1) is 0 Å². The van der Waals surface area contributed by atoms with Gasteiger partial charge >= 0.3 is 0 Å². The molecule has 5 nitrogen and oxygen atoms in total. The zero-order chi connectivity index (χ0) is 22.1. The summed E-state index contributed by atoms with van der Waals surface area (Å²) in [6.45, 7) is 3.95. The van der Waals surface area contributed by atoms with E-state index in [2.05, 4.69) is 0 Å².